The maximum absolute atomic E-state index is 5.04. The summed E-state index contributed by atoms with van der Waals surface area (Å²) < 4.78 is 0. The van der Waals surface area contributed by atoms with E-state index >= 15 is 0 Å². The van der Waals surface area contributed by atoms with Crippen LogP contribution >= 0.6 is 0 Å². The minimum Gasteiger partial charge on any atom is -0.354 e. The van der Waals surface area contributed by atoms with Gasteiger partial charge in [0.2, 0.25) is 0 Å². The largest absolute Gasteiger partial charge is 0.354 e. The fourth-order valence-corrected chi connectivity index (χ4v) is 4.20. The highest BCUT2D eigenvalue weighted by atomic mass is 15.3. The minimum atomic E-state index is 0.541. The Morgan fingerprint density at radius 2 is 1.63 bits per heavy atom. The van der Waals surface area contributed by atoms with Crippen molar-refractivity contribution in [2.75, 3.05) is 32.1 Å². The maximum Gasteiger partial charge on any atom is 0.162 e. The Hall–Kier alpha value is -2.46. The summed E-state index contributed by atoms with van der Waals surface area (Å²) in [4.78, 5) is 14.7. The molecule has 0 radical (unpaired) electrons. The summed E-state index contributed by atoms with van der Waals surface area (Å²) in [5, 5.41) is 1.14. The molecule has 140 valence electrons. The summed E-state index contributed by atoms with van der Waals surface area (Å²) in [5.74, 6) is 3.14. The summed E-state index contributed by atoms with van der Waals surface area (Å²) in [6, 6.07) is 19.2. The number of para-hydroxylation sites is 1. The molecule has 0 N–H and O–H groups in total. The van der Waals surface area contributed by atoms with E-state index in [9.17, 15) is 0 Å². The van der Waals surface area contributed by atoms with Crippen LogP contribution in [0.5, 0.6) is 0 Å². The van der Waals surface area contributed by atoms with E-state index < -0.39 is 0 Å². The van der Waals surface area contributed by atoms with Crippen molar-refractivity contribution < 1.29 is 0 Å². The zero-order valence-electron chi connectivity index (χ0n) is 16.6. The lowest BCUT2D eigenvalue weighted by molar-refractivity contribution is 0.216. The Morgan fingerprint density at radius 1 is 0.926 bits per heavy atom. The molecule has 1 fully saturated rings. The van der Waals surface area contributed by atoms with Crippen LogP contribution in [0.25, 0.3) is 22.3 Å². The van der Waals surface area contributed by atoms with E-state index in [4.69, 9.17) is 9.97 Å². The predicted molar refractivity (Wildman–Crippen MR) is 113 cm³/mol. The van der Waals surface area contributed by atoms with Crippen molar-refractivity contribution in [1.29, 1.82) is 0 Å². The number of anilines is 1. The zero-order valence-corrected chi connectivity index (χ0v) is 16.6. The Morgan fingerprint density at radius 3 is 2.30 bits per heavy atom. The lowest BCUT2D eigenvalue weighted by Gasteiger charge is -2.27. The van der Waals surface area contributed by atoms with Crippen molar-refractivity contribution in [1.82, 2.24) is 14.9 Å². The van der Waals surface area contributed by atoms with Crippen LogP contribution in [0, 0.1) is 11.8 Å². The summed E-state index contributed by atoms with van der Waals surface area (Å²) in [6.07, 6.45) is 0. The van der Waals surface area contributed by atoms with Crippen molar-refractivity contribution in [3.63, 3.8) is 0 Å². The maximum atomic E-state index is 5.04. The highest BCUT2D eigenvalue weighted by Crippen LogP contribution is 2.34. The highest BCUT2D eigenvalue weighted by Gasteiger charge is 2.37. The van der Waals surface area contributed by atoms with Crippen LogP contribution in [0.15, 0.2) is 54.6 Å². The normalized spacial score (nSPS) is 20.1. The molecule has 0 spiro atoms. The minimum absolute atomic E-state index is 0.541. The average molecular weight is 361 g/mol. The van der Waals surface area contributed by atoms with Gasteiger partial charge in [0.05, 0.1) is 5.52 Å². The lowest BCUT2D eigenvalue weighted by Crippen LogP contribution is -2.37. The van der Waals surface area contributed by atoms with Gasteiger partial charge in [-0.3, -0.25) is 0 Å². The number of aromatic nitrogens is 2. The van der Waals surface area contributed by atoms with Crippen LogP contribution in [-0.2, 0) is 0 Å². The highest BCUT2D eigenvalue weighted by molar-refractivity contribution is 5.91. The van der Waals surface area contributed by atoms with Crippen molar-refractivity contribution in [2.45, 2.75) is 19.9 Å². The smallest absolute Gasteiger partial charge is 0.162 e. The fourth-order valence-electron chi connectivity index (χ4n) is 4.20. The molecule has 0 unspecified atom stereocenters. The molecular formula is C23H28N4. The van der Waals surface area contributed by atoms with E-state index in [1.54, 1.807) is 0 Å². The van der Waals surface area contributed by atoms with Gasteiger partial charge in [0.25, 0.3) is 0 Å². The first-order valence-electron chi connectivity index (χ1n) is 9.78. The molecule has 3 aromatic rings. The SMILES string of the molecule is CC(C)[C@@H]1CN(c2nc(-c3ccccc3)nc3ccccc23)C[C@H]1N(C)C. The molecule has 1 aliphatic heterocycles. The number of rotatable bonds is 4. The van der Waals surface area contributed by atoms with E-state index in [2.05, 4.69) is 74.1 Å². The molecule has 0 bridgehead atoms. The summed E-state index contributed by atoms with van der Waals surface area (Å²) in [7, 11) is 4.38. The van der Waals surface area contributed by atoms with Crippen LogP contribution < -0.4 is 4.90 Å². The molecule has 0 amide bonds. The van der Waals surface area contributed by atoms with Gasteiger partial charge in [-0.15, -0.1) is 0 Å². The van der Waals surface area contributed by atoms with E-state index in [-0.39, 0.29) is 0 Å². The molecule has 0 saturated carbocycles. The molecular weight excluding hydrogens is 332 g/mol. The monoisotopic (exact) mass is 360 g/mol. The Bertz CT molecular complexity index is 904. The van der Waals surface area contributed by atoms with Crippen molar-refractivity contribution in [3.8, 4) is 11.4 Å². The van der Waals surface area contributed by atoms with Crippen LogP contribution in [-0.4, -0.2) is 48.1 Å². The second-order valence-corrected chi connectivity index (χ2v) is 8.10. The van der Waals surface area contributed by atoms with Gasteiger partial charge >= 0.3 is 0 Å². The first kappa shape index (κ1) is 17.9. The topological polar surface area (TPSA) is 32.3 Å². The van der Waals surface area contributed by atoms with Crippen LogP contribution in [0.1, 0.15) is 13.8 Å². The second-order valence-electron chi connectivity index (χ2n) is 8.10. The molecule has 2 atom stereocenters. The van der Waals surface area contributed by atoms with E-state index in [1.165, 1.54) is 0 Å². The quantitative estimate of drug-likeness (QED) is 0.694. The number of hydrogen-bond acceptors (Lipinski definition) is 4. The Labute approximate surface area is 161 Å². The fraction of sp³-hybridized carbons (Fsp3) is 0.391. The average Bonchev–Trinajstić information content (AvgIpc) is 3.14. The molecule has 1 saturated heterocycles. The number of likely N-dealkylation sites (N-methyl/N-ethyl adjacent to an activating group) is 1. The number of fused-ring (bicyclic) bond motifs is 1. The van der Waals surface area contributed by atoms with Crippen molar-refractivity contribution >= 4 is 16.7 Å². The predicted octanol–water partition coefficient (Wildman–Crippen LogP) is 4.32. The van der Waals surface area contributed by atoms with Gasteiger partial charge in [-0.1, -0.05) is 56.3 Å². The molecule has 4 heteroatoms. The number of benzene rings is 2. The zero-order chi connectivity index (χ0) is 19.0. The molecule has 1 aliphatic rings. The van der Waals surface area contributed by atoms with Gasteiger partial charge in [0, 0.05) is 30.1 Å². The molecule has 0 aliphatic carbocycles. The van der Waals surface area contributed by atoms with Gasteiger partial charge in [-0.25, -0.2) is 9.97 Å². The summed E-state index contributed by atoms with van der Waals surface area (Å²) in [5.41, 5.74) is 2.07. The lowest BCUT2D eigenvalue weighted by atomic mass is 9.91. The standard InChI is InChI=1S/C23H28N4/c1-16(2)19-14-27(15-21(19)26(3)4)23-18-12-8-9-13-20(18)24-22(25-23)17-10-6-5-7-11-17/h5-13,16,19,21H,14-15H2,1-4H3/t19-,21+/m0/s1. The molecule has 2 heterocycles. The number of nitrogens with zero attached hydrogens (tertiary/aromatic N) is 4. The Balaban J connectivity index is 1.81. The summed E-state index contributed by atoms with van der Waals surface area (Å²) in [6.45, 7) is 6.71. The molecule has 27 heavy (non-hydrogen) atoms. The van der Waals surface area contributed by atoms with Crippen molar-refractivity contribution in [3.05, 3.63) is 54.6 Å². The molecule has 4 nitrogen and oxygen atoms in total. The third-order valence-corrected chi connectivity index (χ3v) is 5.77. The number of hydrogen-bond donors (Lipinski definition) is 0. The second kappa shape index (κ2) is 7.28. The van der Waals surface area contributed by atoms with Gasteiger partial charge in [0.1, 0.15) is 5.82 Å². The summed E-state index contributed by atoms with van der Waals surface area (Å²) >= 11 is 0. The third-order valence-electron chi connectivity index (χ3n) is 5.77. The van der Waals surface area contributed by atoms with Crippen LogP contribution in [0.2, 0.25) is 0 Å². The van der Waals surface area contributed by atoms with Crippen LogP contribution in [0.3, 0.4) is 0 Å². The van der Waals surface area contributed by atoms with E-state index in [0.717, 1.165) is 41.2 Å². The van der Waals surface area contributed by atoms with E-state index in [0.29, 0.717) is 17.9 Å². The van der Waals surface area contributed by atoms with Gasteiger partial charge < -0.3 is 9.80 Å². The van der Waals surface area contributed by atoms with Gasteiger partial charge in [-0.2, -0.15) is 0 Å². The third kappa shape index (κ3) is 3.42. The van der Waals surface area contributed by atoms with Crippen molar-refractivity contribution in [2.24, 2.45) is 11.8 Å². The molecule has 1 aromatic heterocycles. The first-order chi connectivity index (χ1) is 13.0. The molecule has 4 rings (SSSR count). The van der Waals surface area contributed by atoms with Crippen LogP contribution in [0.4, 0.5) is 5.82 Å². The Kier molecular flexibility index (Phi) is 4.83. The first-order valence-corrected chi connectivity index (χ1v) is 9.78. The van der Waals surface area contributed by atoms with Gasteiger partial charge in [-0.05, 0) is 38.1 Å². The molecule has 2 aromatic carbocycles. The van der Waals surface area contributed by atoms with E-state index in [1.807, 2.05) is 18.2 Å². The van der Waals surface area contributed by atoms with Gasteiger partial charge in [0.15, 0.2) is 5.82 Å².